The van der Waals surface area contributed by atoms with E-state index in [1.165, 1.54) is 12.8 Å². The summed E-state index contributed by atoms with van der Waals surface area (Å²) in [6, 6.07) is 0. The first-order chi connectivity index (χ1) is 5.35. The molecule has 11 heavy (non-hydrogen) atoms. The van der Waals surface area contributed by atoms with Gasteiger partial charge in [0.05, 0.1) is 12.7 Å². The van der Waals surface area contributed by atoms with Crippen LogP contribution in [-0.2, 0) is 4.74 Å². The molecule has 3 N–H and O–H groups in total. The first-order valence-corrected chi connectivity index (χ1v) is 4.41. The standard InChI is InChI=1S/C8H16N2O/c9-5-7-4-8(6-11-7)2-1-3-10-8/h7,10H,1-6,9H2/t7-,8-/m1/s1. The molecule has 2 atom stereocenters. The van der Waals surface area contributed by atoms with Crippen LogP contribution in [0.25, 0.3) is 0 Å². The smallest absolute Gasteiger partial charge is 0.0716 e. The molecule has 0 aromatic rings. The molecule has 64 valence electrons. The zero-order valence-corrected chi connectivity index (χ0v) is 6.81. The summed E-state index contributed by atoms with van der Waals surface area (Å²) in [6.07, 6.45) is 3.98. The van der Waals surface area contributed by atoms with Gasteiger partial charge in [-0.2, -0.15) is 0 Å². The average Bonchev–Trinajstić information content (AvgIpc) is 2.62. The van der Waals surface area contributed by atoms with Crippen LogP contribution in [0.5, 0.6) is 0 Å². The molecule has 0 bridgehead atoms. The molecule has 3 heteroatoms. The second kappa shape index (κ2) is 2.73. The largest absolute Gasteiger partial charge is 0.375 e. The molecule has 0 aromatic heterocycles. The summed E-state index contributed by atoms with van der Waals surface area (Å²) in [4.78, 5) is 0. The van der Waals surface area contributed by atoms with Crippen molar-refractivity contribution in [2.45, 2.75) is 30.9 Å². The van der Waals surface area contributed by atoms with E-state index < -0.39 is 0 Å². The van der Waals surface area contributed by atoms with Gasteiger partial charge in [0.25, 0.3) is 0 Å². The van der Waals surface area contributed by atoms with Gasteiger partial charge < -0.3 is 15.8 Å². The lowest BCUT2D eigenvalue weighted by molar-refractivity contribution is 0.108. The minimum absolute atomic E-state index is 0.306. The van der Waals surface area contributed by atoms with E-state index in [-0.39, 0.29) is 0 Å². The summed E-state index contributed by atoms with van der Waals surface area (Å²) in [7, 11) is 0. The van der Waals surface area contributed by atoms with Crippen LogP contribution in [0.15, 0.2) is 0 Å². The number of rotatable bonds is 1. The van der Waals surface area contributed by atoms with Gasteiger partial charge in [-0.3, -0.25) is 0 Å². The van der Waals surface area contributed by atoms with E-state index in [0.717, 1.165) is 19.6 Å². The molecule has 3 nitrogen and oxygen atoms in total. The number of ether oxygens (including phenoxy) is 1. The highest BCUT2D eigenvalue weighted by molar-refractivity contribution is 4.99. The maximum Gasteiger partial charge on any atom is 0.0716 e. The van der Waals surface area contributed by atoms with Gasteiger partial charge in [0.15, 0.2) is 0 Å². The molecule has 0 saturated carbocycles. The number of nitrogens with one attached hydrogen (secondary N) is 1. The molecule has 0 aromatic carbocycles. The van der Waals surface area contributed by atoms with Crippen LogP contribution in [0, 0.1) is 0 Å². The lowest BCUT2D eigenvalue weighted by Crippen LogP contribution is -2.40. The van der Waals surface area contributed by atoms with Crippen LogP contribution in [0.1, 0.15) is 19.3 Å². The van der Waals surface area contributed by atoms with E-state index in [1.54, 1.807) is 0 Å². The first kappa shape index (κ1) is 7.53. The van der Waals surface area contributed by atoms with Crippen LogP contribution in [0.2, 0.25) is 0 Å². The number of hydrogen-bond donors (Lipinski definition) is 2. The molecule has 2 aliphatic heterocycles. The van der Waals surface area contributed by atoms with Crippen molar-refractivity contribution in [2.75, 3.05) is 19.7 Å². The molecule has 2 rings (SSSR count). The van der Waals surface area contributed by atoms with E-state index >= 15 is 0 Å². The highest BCUT2D eigenvalue weighted by Crippen LogP contribution is 2.31. The predicted molar refractivity (Wildman–Crippen MR) is 43.4 cm³/mol. The van der Waals surface area contributed by atoms with Gasteiger partial charge >= 0.3 is 0 Å². The SMILES string of the molecule is NC[C@H]1C[C@]2(CCCN2)CO1. The van der Waals surface area contributed by atoms with Crippen molar-refractivity contribution in [1.82, 2.24) is 5.32 Å². The van der Waals surface area contributed by atoms with Crippen LogP contribution in [0.4, 0.5) is 0 Å². The van der Waals surface area contributed by atoms with Crippen LogP contribution < -0.4 is 11.1 Å². The van der Waals surface area contributed by atoms with Crippen molar-refractivity contribution < 1.29 is 4.74 Å². The van der Waals surface area contributed by atoms with E-state index in [9.17, 15) is 0 Å². The van der Waals surface area contributed by atoms with Crippen molar-refractivity contribution in [3.8, 4) is 0 Å². The third-order valence-electron chi connectivity index (χ3n) is 2.81. The fourth-order valence-electron chi connectivity index (χ4n) is 2.15. The fourth-order valence-corrected chi connectivity index (χ4v) is 2.15. The number of hydrogen-bond acceptors (Lipinski definition) is 3. The lowest BCUT2D eigenvalue weighted by atomic mass is 9.94. The quantitative estimate of drug-likeness (QED) is 0.555. The Morgan fingerprint density at radius 2 is 2.55 bits per heavy atom. The van der Waals surface area contributed by atoms with Gasteiger partial charge in [-0.25, -0.2) is 0 Å². The Labute approximate surface area is 67.3 Å². The van der Waals surface area contributed by atoms with Gasteiger partial charge in [0.1, 0.15) is 0 Å². The van der Waals surface area contributed by atoms with Crippen molar-refractivity contribution in [2.24, 2.45) is 5.73 Å². The Morgan fingerprint density at radius 1 is 1.64 bits per heavy atom. The van der Waals surface area contributed by atoms with Gasteiger partial charge in [0, 0.05) is 12.1 Å². The molecule has 0 radical (unpaired) electrons. The van der Waals surface area contributed by atoms with Crippen molar-refractivity contribution in [1.29, 1.82) is 0 Å². The van der Waals surface area contributed by atoms with Crippen molar-refractivity contribution in [3.63, 3.8) is 0 Å². The molecule has 2 aliphatic rings. The van der Waals surface area contributed by atoms with Crippen molar-refractivity contribution >= 4 is 0 Å². The lowest BCUT2D eigenvalue weighted by Gasteiger charge is -2.20. The molecule has 0 unspecified atom stereocenters. The molecule has 1 spiro atoms. The van der Waals surface area contributed by atoms with Crippen LogP contribution in [-0.4, -0.2) is 31.3 Å². The maximum atomic E-state index is 5.55. The van der Waals surface area contributed by atoms with E-state index in [4.69, 9.17) is 10.5 Å². The zero-order valence-electron chi connectivity index (χ0n) is 6.81. The first-order valence-electron chi connectivity index (χ1n) is 4.41. The predicted octanol–water partition coefficient (Wildman–Crippen LogP) is -0.144. The minimum atomic E-state index is 0.306. The van der Waals surface area contributed by atoms with Crippen LogP contribution in [0.3, 0.4) is 0 Å². The summed E-state index contributed by atoms with van der Waals surface area (Å²) in [6.45, 7) is 2.69. The summed E-state index contributed by atoms with van der Waals surface area (Å²) in [5.41, 5.74) is 5.84. The van der Waals surface area contributed by atoms with E-state index in [1.807, 2.05) is 0 Å². The Morgan fingerprint density at radius 3 is 3.09 bits per heavy atom. The maximum absolute atomic E-state index is 5.55. The summed E-state index contributed by atoms with van der Waals surface area (Å²) >= 11 is 0. The molecule has 2 heterocycles. The summed E-state index contributed by atoms with van der Waals surface area (Å²) in [5.74, 6) is 0. The summed E-state index contributed by atoms with van der Waals surface area (Å²) in [5, 5.41) is 3.52. The molecule has 2 saturated heterocycles. The topological polar surface area (TPSA) is 47.3 Å². The zero-order chi connectivity index (χ0) is 7.73. The number of nitrogens with two attached hydrogens (primary N) is 1. The van der Waals surface area contributed by atoms with Gasteiger partial charge in [-0.15, -0.1) is 0 Å². The third kappa shape index (κ3) is 1.28. The normalized spacial score (nSPS) is 43.9. The Bertz CT molecular complexity index is 143. The highest BCUT2D eigenvalue weighted by Gasteiger charge is 2.41. The Balaban J connectivity index is 1.96. The molecular weight excluding hydrogens is 140 g/mol. The van der Waals surface area contributed by atoms with E-state index in [0.29, 0.717) is 18.2 Å². The molecule has 0 amide bonds. The average molecular weight is 156 g/mol. The third-order valence-corrected chi connectivity index (χ3v) is 2.81. The monoisotopic (exact) mass is 156 g/mol. The minimum Gasteiger partial charge on any atom is -0.375 e. The molecule has 0 aliphatic carbocycles. The van der Waals surface area contributed by atoms with E-state index in [2.05, 4.69) is 5.32 Å². The Kier molecular flexibility index (Phi) is 1.87. The molecular formula is C8H16N2O. The van der Waals surface area contributed by atoms with Crippen molar-refractivity contribution in [3.05, 3.63) is 0 Å². The highest BCUT2D eigenvalue weighted by atomic mass is 16.5. The fraction of sp³-hybridized carbons (Fsp3) is 1.00. The molecule has 2 fully saturated rings. The van der Waals surface area contributed by atoms with Gasteiger partial charge in [0.2, 0.25) is 0 Å². The second-order valence-corrected chi connectivity index (χ2v) is 3.68. The second-order valence-electron chi connectivity index (χ2n) is 3.68. The Hall–Kier alpha value is -0.120. The van der Waals surface area contributed by atoms with Gasteiger partial charge in [-0.1, -0.05) is 0 Å². The van der Waals surface area contributed by atoms with Gasteiger partial charge in [-0.05, 0) is 25.8 Å². The van der Waals surface area contributed by atoms with Crippen LogP contribution >= 0.6 is 0 Å². The summed E-state index contributed by atoms with van der Waals surface area (Å²) < 4.78 is 5.55.